The van der Waals surface area contributed by atoms with Gasteiger partial charge in [-0.1, -0.05) is 54.6 Å². The highest BCUT2D eigenvalue weighted by atomic mass is 16.4. The lowest BCUT2D eigenvalue weighted by atomic mass is 9.87. The summed E-state index contributed by atoms with van der Waals surface area (Å²) < 4.78 is 5.42. The van der Waals surface area contributed by atoms with Gasteiger partial charge in [0.1, 0.15) is 0 Å². The number of hydrogen-bond acceptors (Lipinski definition) is 5. The van der Waals surface area contributed by atoms with Crippen molar-refractivity contribution in [1.82, 2.24) is 25.7 Å². The smallest absolute Gasteiger partial charge is 0.318 e. The van der Waals surface area contributed by atoms with E-state index in [1.54, 1.807) is 0 Å². The summed E-state index contributed by atoms with van der Waals surface area (Å²) in [6, 6.07) is 22.4. The molecule has 3 aromatic carbocycles. The molecule has 8 heteroatoms. The van der Waals surface area contributed by atoms with Crippen LogP contribution in [0, 0.1) is 5.92 Å². The summed E-state index contributed by atoms with van der Waals surface area (Å²) in [5.41, 5.74) is 7.23. The predicted octanol–water partition coefficient (Wildman–Crippen LogP) is 5.69. The maximum atomic E-state index is 13.1. The second-order valence-electron chi connectivity index (χ2n) is 12.0. The quantitative estimate of drug-likeness (QED) is 0.322. The fourth-order valence-electron chi connectivity index (χ4n) is 5.74. The number of urea groups is 1. The highest BCUT2D eigenvalue weighted by Crippen LogP contribution is 2.47. The fraction of sp³-hybridized carbons (Fsp3) is 0.333. The molecule has 8 nitrogen and oxygen atoms in total. The van der Waals surface area contributed by atoms with Crippen molar-refractivity contribution in [2.45, 2.75) is 58.2 Å². The molecule has 0 bridgehead atoms. The summed E-state index contributed by atoms with van der Waals surface area (Å²) in [7, 11) is 0. The molecule has 4 aromatic rings. The van der Waals surface area contributed by atoms with E-state index in [2.05, 4.69) is 57.2 Å². The van der Waals surface area contributed by atoms with Crippen molar-refractivity contribution in [3.8, 4) is 22.6 Å². The molecule has 2 atom stereocenters. The largest absolute Gasteiger partial charge is 0.423 e. The van der Waals surface area contributed by atoms with E-state index >= 15 is 0 Å². The standard InChI is InChI=1S/C33H35N5O3/c1-33(2,3)36-32(40)38-15-14-26-25(22-10-7-11-23(16-22)31-37-35-20-41-31)13-12-24(29(26)19-38)18-34-30(39)28-17-27(28)21-8-5-4-6-9-21/h4-13,16,20,27-28H,14-15,17-19H2,1-3H3,(H,34,39)(H,36,40)/t27-,28+/m0/s1. The predicted molar refractivity (Wildman–Crippen MR) is 157 cm³/mol. The molecule has 0 unspecified atom stereocenters. The minimum absolute atomic E-state index is 0.00833. The number of nitrogens with one attached hydrogen (secondary N) is 2. The molecule has 2 aliphatic rings. The van der Waals surface area contributed by atoms with Crippen LogP contribution in [0.15, 0.2) is 77.5 Å². The molecule has 210 valence electrons. The first kappa shape index (κ1) is 26.7. The molecule has 1 aliphatic heterocycles. The first-order chi connectivity index (χ1) is 19.8. The molecule has 1 aliphatic carbocycles. The number of fused-ring (bicyclic) bond motifs is 1. The molecule has 1 saturated carbocycles. The van der Waals surface area contributed by atoms with Crippen molar-refractivity contribution in [2.24, 2.45) is 5.92 Å². The summed E-state index contributed by atoms with van der Waals surface area (Å²) in [5, 5.41) is 14.2. The Morgan fingerprint density at radius 2 is 1.80 bits per heavy atom. The molecule has 6 rings (SSSR count). The molecular formula is C33H35N5O3. The molecule has 3 amide bonds. The van der Waals surface area contributed by atoms with Crippen molar-refractivity contribution in [1.29, 1.82) is 0 Å². The summed E-state index contributed by atoms with van der Waals surface area (Å²) in [4.78, 5) is 28.1. The number of carbonyl (C=O) groups excluding carboxylic acids is 2. The highest BCUT2D eigenvalue weighted by Gasteiger charge is 2.43. The Morgan fingerprint density at radius 1 is 1.00 bits per heavy atom. The van der Waals surface area contributed by atoms with Gasteiger partial charge in [-0.25, -0.2) is 4.79 Å². The molecule has 0 spiro atoms. The molecular weight excluding hydrogens is 514 g/mol. The number of nitrogens with zero attached hydrogens (tertiary/aromatic N) is 3. The van der Waals surface area contributed by atoms with Gasteiger partial charge in [0.15, 0.2) is 0 Å². The van der Waals surface area contributed by atoms with Crippen LogP contribution in [0.3, 0.4) is 0 Å². The van der Waals surface area contributed by atoms with E-state index in [-0.39, 0.29) is 29.3 Å². The SMILES string of the molecule is CC(C)(C)NC(=O)N1CCc2c(-c3cccc(-c4nnco4)c3)ccc(CNC(=O)[C@@H]3C[C@H]3c3ccccc3)c2C1. The molecule has 2 heterocycles. The molecule has 0 saturated heterocycles. The van der Waals surface area contributed by atoms with E-state index in [9.17, 15) is 9.59 Å². The van der Waals surface area contributed by atoms with Crippen LogP contribution in [0.2, 0.25) is 0 Å². The maximum Gasteiger partial charge on any atom is 0.318 e. The van der Waals surface area contributed by atoms with E-state index in [0.29, 0.717) is 31.9 Å². The minimum Gasteiger partial charge on any atom is -0.423 e. The van der Waals surface area contributed by atoms with Crippen molar-refractivity contribution in [2.75, 3.05) is 6.54 Å². The third-order valence-corrected chi connectivity index (χ3v) is 7.87. The van der Waals surface area contributed by atoms with Crippen LogP contribution in [-0.2, 0) is 24.3 Å². The lowest BCUT2D eigenvalue weighted by molar-refractivity contribution is -0.122. The second kappa shape index (κ2) is 10.8. The van der Waals surface area contributed by atoms with Gasteiger partial charge in [-0.05, 0) is 85.0 Å². The van der Waals surface area contributed by atoms with E-state index < -0.39 is 0 Å². The van der Waals surface area contributed by atoms with E-state index in [0.717, 1.165) is 34.2 Å². The van der Waals surface area contributed by atoms with Crippen LogP contribution in [0.25, 0.3) is 22.6 Å². The monoisotopic (exact) mass is 549 g/mol. The van der Waals surface area contributed by atoms with E-state index in [4.69, 9.17) is 4.42 Å². The van der Waals surface area contributed by atoms with Crippen LogP contribution >= 0.6 is 0 Å². The van der Waals surface area contributed by atoms with Gasteiger partial charge in [0.05, 0.1) is 0 Å². The third-order valence-electron chi connectivity index (χ3n) is 7.87. The fourth-order valence-corrected chi connectivity index (χ4v) is 5.74. The van der Waals surface area contributed by atoms with Crippen LogP contribution in [-0.4, -0.2) is 39.1 Å². The van der Waals surface area contributed by atoms with Crippen molar-refractivity contribution in [3.63, 3.8) is 0 Å². The normalized spacial score (nSPS) is 18.0. The molecule has 0 radical (unpaired) electrons. The van der Waals surface area contributed by atoms with Crippen LogP contribution in [0.5, 0.6) is 0 Å². The topological polar surface area (TPSA) is 100 Å². The maximum absolute atomic E-state index is 13.1. The average molecular weight is 550 g/mol. The third kappa shape index (κ3) is 5.87. The highest BCUT2D eigenvalue weighted by molar-refractivity contribution is 5.83. The zero-order chi connectivity index (χ0) is 28.6. The zero-order valence-electron chi connectivity index (χ0n) is 23.7. The van der Waals surface area contributed by atoms with Gasteiger partial charge in [-0.2, -0.15) is 0 Å². The second-order valence-corrected chi connectivity index (χ2v) is 12.0. The summed E-state index contributed by atoms with van der Waals surface area (Å²) in [6.07, 6.45) is 2.92. The van der Waals surface area contributed by atoms with Crippen molar-refractivity contribution in [3.05, 3.63) is 95.4 Å². The average Bonchev–Trinajstić information content (AvgIpc) is 3.59. The van der Waals surface area contributed by atoms with E-state index in [1.165, 1.54) is 17.5 Å². The Balaban J connectivity index is 1.27. The number of carbonyl (C=O) groups is 2. The van der Waals surface area contributed by atoms with Crippen LogP contribution < -0.4 is 10.6 Å². The number of amides is 3. The van der Waals surface area contributed by atoms with Gasteiger partial charge < -0.3 is 20.0 Å². The molecule has 1 fully saturated rings. The first-order valence-corrected chi connectivity index (χ1v) is 14.2. The van der Waals surface area contributed by atoms with Gasteiger partial charge in [-0.15, -0.1) is 10.2 Å². The number of aromatic nitrogens is 2. The number of rotatable bonds is 6. The van der Waals surface area contributed by atoms with Gasteiger partial charge in [0, 0.05) is 36.7 Å². The summed E-state index contributed by atoms with van der Waals surface area (Å²) in [5.74, 6) is 0.852. The Bertz CT molecular complexity index is 1560. The molecule has 1 aromatic heterocycles. The van der Waals surface area contributed by atoms with Gasteiger partial charge >= 0.3 is 6.03 Å². The van der Waals surface area contributed by atoms with Crippen molar-refractivity contribution < 1.29 is 14.0 Å². The van der Waals surface area contributed by atoms with Crippen LogP contribution in [0.1, 0.15) is 55.4 Å². The summed E-state index contributed by atoms with van der Waals surface area (Å²) in [6.45, 7) is 7.48. The Labute approximate surface area is 240 Å². The van der Waals surface area contributed by atoms with Crippen molar-refractivity contribution >= 4 is 11.9 Å². The minimum atomic E-state index is -0.329. The molecule has 2 N–H and O–H groups in total. The lowest BCUT2D eigenvalue weighted by Gasteiger charge is -2.34. The van der Waals surface area contributed by atoms with Gasteiger partial charge in [0.2, 0.25) is 18.2 Å². The van der Waals surface area contributed by atoms with E-state index in [1.807, 2.05) is 56.0 Å². The van der Waals surface area contributed by atoms with Gasteiger partial charge in [0.25, 0.3) is 0 Å². The van der Waals surface area contributed by atoms with Crippen LogP contribution in [0.4, 0.5) is 4.79 Å². The Morgan fingerprint density at radius 3 is 2.56 bits per heavy atom. The molecule has 41 heavy (non-hydrogen) atoms. The Hall–Kier alpha value is -4.46. The van der Waals surface area contributed by atoms with Gasteiger partial charge in [-0.3, -0.25) is 4.79 Å². The number of benzene rings is 3. The number of hydrogen-bond donors (Lipinski definition) is 2. The zero-order valence-corrected chi connectivity index (χ0v) is 23.7. The summed E-state index contributed by atoms with van der Waals surface area (Å²) >= 11 is 0. The Kier molecular flexibility index (Phi) is 7.07. The first-order valence-electron chi connectivity index (χ1n) is 14.2. The lowest BCUT2D eigenvalue weighted by Crippen LogP contribution is -2.50.